The van der Waals surface area contributed by atoms with Crippen LogP contribution in [-0.4, -0.2) is 10.6 Å². The zero-order valence-electron chi connectivity index (χ0n) is 12.9. The van der Waals surface area contributed by atoms with Crippen LogP contribution in [0.15, 0.2) is 24.3 Å². The van der Waals surface area contributed by atoms with Crippen molar-refractivity contribution in [1.82, 2.24) is 4.98 Å². The van der Waals surface area contributed by atoms with Crippen LogP contribution in [0.25, 0.3) is 10.9 Å². The summed E-state index contributed by atoms with van der Waals surface area (Å²) < 4.78 is 5.81. The number of nitrogens with one attached hydrogen (secondary N) is 1. The first-order chi connectivity index (χ1) is 8.65. The molecule has 2 heteroatoms. The smallest absolute Gasteiger partial charge is 0.0873 e. The van der Waals surface area contributed by atoms with Gasteiger partial charge in [0, 0.05) is 16.6 Å². The molecule has 1 aromatic carbocycles. The second kappa shape index (κ2) is 4.68. The van der Waals surface area contributed by atoms with E-state index in [2.05, 4.69) is 70.8 Å². The Hall–Kier alpha value is -1.28. The average Bonchev–Trinajstić information content (AvgIpc) is 2.65. The van der Waals surface area contributed by atoms with Gasteiger partial charge in [-0.3, -0.25) is 0 Å². The Morgan fingerprint density at radius 2 is 1.68 bits per heavy atom. The number of aromatic nitrogens is 1. The fourth-order valence-corrected chi connectivity index (χ4v) is 2.03. The lowest BCUT2D eigenvalue weighted by Crippen LogP contribution is -2.18. The lowest BCUT2D eigenvalue weighted by Gasteiger charge is -2.18. The predicted molar refractivity (Wildman–Crippen MR) is 81.5 cm³/mol. The van der Waals surface area contributed by atoms with Crippen LogP contribution in [0.1, 0.15) is 52.8 Å². The first-order valence-electron chi connectivity index (χ1n) is 6.91. The summed E-state index contributed by atoms with van der Waals surface area (Å²) in [5, 5.41) is 1.26. The Morgan fingerprint density at radius 3 is 2.26 bits per heavy atom. The summed E-state index contributed by atoms with van der Waals surface area (Å²) in [5.41, 5.74) is 3.76. The van der Waals surface area contributed by atoms with Crippen LogP contribution in [0.3, 0.4) is 0 Å². The minimum Gasteiger partial charge on any atom is -0.370 e. The van der Waals surface area contributed by atoms with Crippen LogP contribution in [0.2, 0.25) is 0 Å². The molecule has 1 aromatic heterocycles. The number of ether oxygens (including phenoxy) is 1. The van der Waals surface area contributed by atoms with E-state index >= 15 is 0 Å². The van der Waals surface area contributed by atoms with Gasteiger partial charge in [0.15, 0.2) is 0 Å². The highest BCUT2D eigenvalue weighted by Crippen LogP contribution is 2.26. The van der Waals surface area contributed by atoms with Crippen molar-refractivity contribution in [1.29, 1.82) is 0 Å². The van der Waals surface area contributed by atoms with Crippen LogP contribution >= 0.6 is 0 Å². The third kappa shape index (κ3) is 3.60. The molecule has 0 spiro atoms. The second-order valence-electron chi connectivity index (χ2n) is 7.25. The maximum Gasteiger partial charge on any atom is 0.0873 e. The van der Waals surface area contributed by atoms with E-state index in [9.17, 15) is 0 Å². The lowest BCUT2D eigenvalue weighted by molar-refractivity contribution is -0.0162. The number of aromatic amines is 1. The molecule has 104 valence electrons. The van der Waals surface area contributed by atoms with Crippen LogP contribution in [0.5, 0.6) is 0 Å². The highest BCUT2D eigenvalue weighted by Gasteiger charge is 2.15. The van der Waals surface area contributed by atoms with Crippen LogP contribution in [0.4, 0.5) is 0 Å². The van der Waals surface area contributed by atoms with Crippen LogP contribution in [0, 0.1) is 0 Å². The van der Waals surface area contributed by atoms with Crippen molar-refractivity contribution < 1.29 is 4.74 Å². The summed E-state index contributed by atoms with van der Waals surface area (Å²) in [6.45, 7) is 13.6. The van der Waals surface area contributed by atoms with Gasteiger partial charge in [0.2, 0.25) is 0 Å². The third-order valence-corrected chi connectivity index (χ3v) is 3.20. The minimum absolute atomic E-state index is 0.103. The minimum atomic E-state index is -0.103. The van der Waals surface area contributed by atoms with Crippen LogP contribution in [-0.2, 0) is 16.8 Å². The number of fused-ring (bicyclic) bond motifs is 1. The molecule has 2 rings (SSSR count). The molecule has 0 bridgehead atoms. The largest absolute Gasteiger partial charge is 0.370 e. The number of benzene rings is 1. The van der Waals surface area contributed by atoms with E-state index in [1.165, 1.54) is 16.5 Å². The highest BCUT2D eigenvalue weighted by molar-refractivity contribution is 5.81. The maximum absolute atomic E-state index is 5.81. The zero-order chi connectivity index (χ0) is 14.3. The lowest BCUT2D eigenvalue weighted by atomic mass is 9.86. The SMILES string of the molecule is CC(C)(C)OCc1cc2cc(C(C)(C)C)ccc2[nH]1. The fraction of sp³-hybridized carbons (Fsp3) is 0.529. The van der Waals surface area contributed by atoms with E-state index in [0.29, 0.717) is 6.61 Å². The Balaban J connectivity index is 2.26. The number of H-pyrrole nitrogens is 1. The maximum atomic E-state index is 5.81. The van der Waals surface area contributed by atoms with Gasteiger partial charge in [-0.25, -0.2) is 0 Å². The summed E-state index contributed by atoms with van der Waals surface area (Å²) in [6, 6.07) is 8.83. The zero-order valence-corrected chi connectivity index (χ0v) is 12.9. The Morgan fingerprint density at radius 1 is 1.00 bits per heavy atom. The molecule has 1 N–H and O–H groups in total. The van der Waals surface area contributed by atoms with E-state index in [1.807, 2.05) is 0 Å². The summed E-state index contributed by atoms with van der Waals surface area (Å²) >= 11 is 0. The van der Waals surface area contributed by atoms with Crippen molar-refractivity contribution in [2.75, 3.05) is 0 Å². The molecular formula is C17H25NO. The number of hydrogen-bond donors (Lipinski definition) is 1. The standard InChI is InChI=1S/C17H25NO/c1-16(2,3)13-7-8-15-12(9-13)10-14(18-15)11-19-17(4,5)6/h7-10,18H,11H2,1-6H3. The molecule has 0 aliphatic heterocycles. The molecule has 0 aliphatic rings. The van der Waals surface area contributed by atoms with E-state index in [4.69, 9.17) is 4.74 Å². The molecule has 1 heterocycles. The molecule has 0 saturated carbocycles. The summed E-state index contributed by atoms with van der Waals surface area (Å²) in [4.78, 5) is 3.42. The van der Waals surface area contributed by atoms with Crippen molar-refractivity contribution in [2.45, 2.75) is 59.2 Å². The Bertz CT molecular complexity index is 567. The highest BCUT2D eigenvalue weighted by atomic mass is 16.5. The van der Waals surface area contributed by atoms with Gasteiger partial charge in [-0.2, -0.15) is 0 Å². The monoisotopic (exact) mass is 259 g/mol. The average molecular weight is 259 g/mol. The molecule has 2 nitrogen and oxygen atoms in total. The molecule has 0 fully saturated rings. The van der Waals surface area contributed by atoms with E-state index < -0.39 is 0 Å². The summed E-state index contributed by atoms with van der Waals surface area (Å²) in [7, 11) is 0. The van der Waals surface area contributed by atoms with Gasteiger partial charge in [0.1, 0.15) is 0 Å². The Labute approximate surface area is 116 Å². The summed E-state index contributed by atoms with van der Waals surface area (Å²) in [5.74, 6) is 0. The molecule has 19 heavy (non-hydrogen) atoms. The van der Waals surface area contributed by atoms with E-state index in [-0.39, 0.29) is 11.0 Å². The number of rotatable bonds is 2. The topological polar surface area (TPSA) is 25.0 Å². The quantitative estimate of drug-likeness (QED) is 0.824. The summed E-state index contributed by atoms with van der Waals surface area (Å²) in [6.07, 6.45) is 0. The first-order valence-corrected chi connectivity index (χ1v) is 6.91. The number of hydrogen-bond acceptors (Lipinski definition) is 1. The van der Waals surface area contributed by atoms with E-state index in [1.54, 1.807) is 0 Å². The van der Waals surface area contributed by atoms with Crippen molar-refractivity contribution in [2.24, 2.45) is 0 Å². The predicted octanol–water partition coefficient (Wildman–Crippen LogP) is 4.78. The van der Waals surface area contributed by atoms with Gasteiger partial charge in [-0.05, 0) is 49.9 Å². The van der Waals surface area contributed by atoms with Crippen molar-refractivity contribution in [3.8, 4) is 0 Å². The van der Waals surface area contributed by atoms with Crippen molar-refractivity contribution in [3.63, 3.8) is 0 Å². The van der Waals surface area contributed by atoms with Gasteiger partial charge in [-0.1, -0.05) is 26.8 Å². The van der Waals surface area contributed by atoms with Gasteiger partial charge in [-0.15, -0.1) is 0 Å². The molecule has 0 atom stereocenters. The van der Waals surface area contributed by atoms with Gasteiger partial charge in [0.25, 0.3) is 0 Å². The third-order valence-electron chi connectivity index (χ3n) is 3.20. The Kier molecular flexibility index (Phi) is 3.48. The second-order valence-corrected chi connectivity index (χ2v) is 7.25. The van der Waals surface area contributed by atoms with Crippen molar-refractivity contribution >= 4 is 10.9 Å². The molecule has 0 aliphatic carbocycles. The van der Waals surface area contributed by atoms with Gasteiger partial charge in [0.05, 0.1) is 12.2 Å². The molecule has 2 aromatic rings. The first kappa shape index (κ1) is 14.1. The normalized spacial score (nSPS) is 13.2. The molecule has 0 unspecified atom stereocenters. The molecule has 0 amide bonds. The molecule has 0 radical (unpaired) electrons. The van der Waals surface area contributed by atoms with Crippen molar-refractivity contribution in [3.05, 3.63) is 35.5 Å². The molecular weight excluding hydrogens is 234 g/mol. The van der Waals surface area contributed by atoms with Gasteiger partial charge >= 0.3 is 0 Å². The van der Waals surface area contributed by atoms with Crippen LogP contribution < -0.4 is 0 Å². The van der Waals surface area contributed by atoms with Gasteiger partial charge < -0.3 is 9.72 Å². The molecule has 0 saturated heterocycles. The fourth-order valence-electron chi connectivity index (χ4n) is 2.03. The van der Waals surface area contributed by atoms with E-state index in [0.717, 1.165) is 5.69 Å².